The Morgan fingerprint density at radius 3 is 2.48 bits per heavy atom. The first kappa shape index (κ1) is 18.1. The van der Waals surface area contributed by atoms with Crippen molar-refractivity contribution in [3.63, 3.8) is 0 Å². The number of hydrogen-bond donors (Lipinski definition) is 0. The fraction of sp³-hybridized carbons (Fsp3) is 0.263. The molecule has 0 N–H and O–H groups in total. The summed E-state index contributed by atoms with van der Waals surface area (Å²) >= 11 is 6.86. The van der Waals surface area contributed by atoms with Gasteiger partial charge in [0.1, 0.15) is 5.75 Å². The summed E-state index contributed by atoms with van der Waals surface area (Å²) in [5.74, 6) is -0.0557. The highest BCUT2D eigenvalue weighted by molar-refractivity contribution is 9.10. The Labute approximate surface area is 163 Å². The summed E-state index contributed by atoms with van der Waals surface area (Å²) in [7, 11) is 0. The molecule has 0 radical (unpaired) electrons. The van der Waals surface area contributed by atoms with Crippen molar-refractivity contribution in [2.75, 3.05) is 18.1 Å². The largest absolute Gasteiger partial charge is 0.494 e. The minimum atomic E-state index is -0.449. The average molecular weight is 467 g/mol. The molecule has 6 heteroatoms. The van der Waals surface area contributed by atoms with Gasteiger partial charge in [-0.05, 0) is 77.7 Å². The predicted octanol–water partition coefficient (Wildman–Crippen LogP) is 4.91. The maximum Gasteiger partial charge on any atom is 0.299 e. The summed E-state index contributed by atoms with van der Waals surface area (Å²) < 4.78 is 7.48. The second kappa shape index (κ2) is 7.70. The molecule has 0 unspecified atom stereocenters. The van der Waals surface area contributed by atoms with Gasteiger partial charge >= 0.3 is 0 Å². The topological polar surface area (TPSA) is 46.6 Å². The molecule has 1 heterocycles. The van der Waals surface area contributed by atoms with E-state index in [0.717, 1.165) is 33.1 Å². The normalized spacial score (nSPS) is 13.3. The summed E-state index contributed by atoms with van der Waals surface area (Å²) in [5, 5.41) is 0. The molecule has 3 rings (SSSR count). The number of nitrogens with zero attached hydrogens (tertiary/aromatic N) is 1. The smallest absolute Gasteiger partial charge is 0.299 e. The van der Waals surface area contributed by atoms with Crippen molar-refractivity contribution in [3.05, 3.63) is 56.5 Å². The Balaban J connectivity index is 1.56. The van der Waals surface area contributed by atoms with Gasteiger partial charge < -0.3 is 9.64 Å². The summed E-state index contributed by atoms with van der Waals surface area (Å²) in [5.41, 5.74) is 2.13. The third kappa shape index (κ3) is 3.96. The molecule has 0 saturated carbocycles. The molecule has 25 heavy (non-hydrogen) atoms. The number of amides is 1. The zero-order valence-electron chi connectivity index (χ0n) is 13.7. The number of ketones is 1. The van der Waals surface area contributed by atoms with Gasteiger partial charge in [-0.1, -0.05) is 15.9 Å². The van der Waals surface area contributed by atoms with Crippen LogP contribution in [0.2, 0.25) is 0 Å². The van der Waals surface area contributed by atoms with Crippen LogP contribution in [0.1, 0.15) is 28.8 Å². The van der Waals surface area contributed by atoms with Crippen LogP contribution in [0.4, 0.5) is 5.69 Å². The number of ether oxygens (including phenoxy) is 1. The van der Waals surface area contributed by atoms with Crippen LogP contribution in [0, 0.1) is 6.92 Å². The van der Waals surface area contributed by atoms with Crippen molar-refractivity contribution >= 4 is 49.2 Å². The number of benzene rings is 2. The van der Waals surface area contributed by atoms with Gasteiger partial charge in [-0.2, -0.15) is 0 Å². The van der Waals surface area contributed by atoms with Crippen LogP contribution in [0.3, 0.4) is 0 Å². The van der Waals surface area contributed by atoms with Gasteiger partial charge in [0, 0.05) is 15.5 Å². The van der Waals surface area contributed by atoms with Crippen molar-refractivity contribution in [2.45, 2.75) is 19.8 Å². The van der Waals surface area contributed by atoms with E-state index < -0.39 is 11.7 Å². The predicted molar refractivity (Wildman–Crippen MR) is 104 cm³/mol. The van der Waals surface area contributed by atoms with E-state index in [1.807, 2.05) is 37.3 Å². The van der Waals surface area contributed by atoms with E-state index in [-0.39, 0.29) is 0 Å². The molecule has 130 valence electrons. The number of halogens is 2. The van der Waals surface area contributed by atoms with E-state index >= 15 is 0 Å². The van der Waals surface area contributed by atoms with Gasteiger partial charge in [-0.15, -0.1) is 0 Å². The molecule has 2 aromatic rings. The first-order valence-corrected chi connectivity index (χ1v) is 9.60. The molecule has 0 saturated heterocycles. The van der Waals surface area contributed by atoms with Crippen LogP contribution in [0.5, 0.6) is 5.75 Å². The van der Waals surface area contributed by atoms with Crippen LogP contribution in [0.25, 0.3) is 0 Å². The zero-order valence-corrected chi connectivity index (χ0v) is 16.9. The van der Waals surface area contributed by atoms with E-state index in [9.17, 15) is 9.59 Å². The molecule has 1 aliphatic rings. The lowest BCUT2D eigenvalue weighted by molar-refractivity contribution is -0.114. The summed E-state index contributed by atoms with van der Waals surface area (Å²) in [6.45, 7) is 2.98. The maximum absolute atomic E-state index is 12.3. The van der Waals surface area contributed by atoms with Crippen molar-refractivity contribution < 1.29 is 14.3 Å². The molecule has 0 fully saturated rings. The van der Waals surface area contributed by atoms with Crippen LogP contribution in [-0.4, -0.2) is 24.8 Å². The standard InChI is InChI=1S/C19H17Br2NO3/c1-12-10-15-17(16(21)11-12)22(19(24)18(15)23)8-2-3-9-25-14-6-4-13(20)5-7-14/h4-7,10-11H,2-3,8-9H2,1H3. The van der Waals surface area contributed by atoms with Gasteiger partial charge in [-0.25, -0.2) is 0 Å². The SMILES string of the molecule is Cc1cc(Br)c2c(c1)C(=O)C(=O)N2CCCCOc1ccc(Br)cc1. The Morgan fingerprint density at radius 2 is 1.76 bits per heavy atom. The average Bonchev–Trinajstić information content (AvgIpc) is 2.81. The van der Waals surface area contributed by atoms with Crippen LogP contribution < -0.4 is 9.64 Å². The molecular weight excluding hydrogens is 450 g/mol. The van der Waals surface area contributed by atoms with Crippen molar-refractivity contribution in [1.82, 2.24) is 0 Å². The van der Waals surface area contributed by atoms with Crippen LogP contribution in [0.15, 0.2) is 45.3 Å². The lowest BCUT2D eigenvalue weighted by Crippen LogP contribution is -2.31. The highest BCUT2D eigenvalue weighted by Gasteiger charge is 2.37. The summed E-state index contributed by atoms with van der Waals surface area (Å²) in [4.78, 5) is 26.0. The minimum absolute atomic E-state index is 0.425. The number of aryl methyl sites for hydroxylation is 1. The molecule has 1 amide bonds. The number of Topliss-reactive ketones (excluding diaryl/α,β-unsaturated/α-hetero) is 1. The number of rotatable bonds is 6. The van der Waals surface area contributed by atoms with E-state index in [1.54, 1.807) is 11.0 Å². The van der Waals surface area contributed by atoms with Gasteiger partial charge in [-0.3, -0.25) is 9.59 Å². The number of carbonyl (C=O) groups excluding carboxylic acids is 2. The Bertz CT molecular complexity index is 818. The number of carbonyl (C=O) groups is 2. The van der Waals surface area contributed by atoms with Crippen LogP contribution >= 0.6 is 31.9 Å². The maximum atomic E-state index is 12.3. The molecular formula is C19H17Br2NO3. The van der Waals surface area contributed by atoms with Crippen molar-refractivity contribution in [3.8, 4) is 5.75 Å². The minimum Gasteiger partial charge on any atom is -0.494 e. The highest BCUT2D eigenvalue weighted by atomic mass is 79.9. The first-order valence-electron chi connectivity index (χ1n) is 8.02. The van der Waals surface area contributed by atoms with Gasteiger partial charge in [0.05, 0.1) is 17.9 Å². The molecule has 0 atom stereocenters. The molecule has 0 aromatic heterocycles. The van der Waals surface area contributed by atoms with E-state index in [2.05, 4.69) is 31.9 Å². The van der Waals surface area contributed by atoms with Gasteiger partial charge in [0.2, 0.25) is 0 Å². The first-order chi connectivity index (χ1) is 12.0. The summed E-state index contributed by atoms with van der Waals surface area (Å²) in [6.07, 6.45) is 1.56. The van der Waals surface area contributed by atoms with E-state index in [0.29, 0.717) is 24.4 Å². The van der Waals surface area contributed by atoms with Gasteiger partial charge in [0.15, 0.2) is 0 Å². The van der Waals surface area contributed by atoms with E-state index in [4.69, 9.17) is 4.74 Å². The number of fused-ring (bicyclic) bond motifs is 1. The third-order valence-electron chi connectivity index (χ3n) is 4.02. The number of unbranched alkanes of at least 4 members (excludes halogenated alkanes) is 1. The second-order valence-electron chi connectivity index (χ2n) is 5.94. The highest BCUT2D eigenvalue weighted by Crippen LogP contribution is 2.37. The van der Waals surface area contributed by atoms with E-state index in [1.165, 1.54) is 0 Å². The molecule has 4 nitrogen and oxygen atoms in total. The van der Waals surface area contributed by atoms with Crippen molar-refractivity contribution in [2.24, 2.45) is 0 Å². The molecule has 1 aliphatic heterocycles. The molecule has 0 spiro atoms. The van der Waals surface area contributed by atoms with Gasteiger partial charge in [0.25, 0.3) is 11.7 Å². The van der Waals surface area contributed by atoms with Crippen molar-refractivity contribution in [1.29, 1.82) is 0 Å². The zero-order chi connectivity index (χ0) is 18.0. The Morgan fingerprint density at radius 1 is 1.04 bits per heavy atom. The molecule has 0 bridgehead atoms. The number of anilines is 1. The third-order valence-corrected chi connectivity index (χ3v) is 5.15. The molecule has 2 aromatic carbocycles. The fourth-order valence-corrected chi connectivity index (χ4v) is 3.88. The fourth-order valence-electron chi connectivity index (χ4n) is 2.83. The Hall–Kier alpha value is -1.66. The monoisotopic (exact) mass is 465 g/mol. The quantitative estimate of drug-likeness (QED) is 0.449. The lowest BCUT2D eigenvalue weighted by Gasteiger charge is -2.18. The molecule has 0 aliphatic carbocycles. The van der Waals surface area contributed by atoms with Crippen LogP contribution in [-0.2, 0) is 4.79 Å². The number of hydrogen-bond acceptors (Lipinski definition) is 3. The summed E-state index contributed by atoms with van der Waals surface area (Å²) in [6, 6.07) is 11.4. The Kier molecular flexibility index (Phi) is 5.59. The second-order valence-corrected chi connectivity index (χ2v) is 7.71. The lowest BCUT2D eigenvalue weighted by atomic mass is 10.1.